The van der Waals surface area contributed by atoms with Crippen molar-refractivity contribution in [2.24, 2.45) is 0 Å². The number of terminal acetylenes is 1. The van der Waals surface area contributed by atoms with E-state index in [2.05, 4.69) is 15.9 Å². The zero-order chi connectivity index (χ0) is 15.5. The van der Waals surface area contributed by atoms with Crippen molar-refractivity contribution in [3.05, 3.63) is 34.1 Å². The first-order valence-electron chi connectivity index (χ1n) is 6.23. The summed E-state index contributed by atoms with van der Waals surface area (Å²) < 4.78 is 10.6. The molecule has 22 heavy (non-hydrogen) atoms. The molecular formula is C15H9N3O3S. The molecule has 0 spiro atoms. The van der Waals surface area contributed by atoms with E-state index < -0.39 is 5.56 Å². The van der Waals surface area contributed by atoms with Crippen LogP contribution in [0.15, 0.2) is 28.2 Å². The van der Waals surface area contributed by atoms with E-state index in [9.17, 15) is 10.1 Å². The maximum atomic E-state index is 12.0. The van der Waals surface area contributed by atoms with Gasteiger partial charge < -0.3 is 14.5 Å². The van der Waals surface area contributed by atoms with Gasteiger partial charge in [0.1, 0.15) is 11.6 Å². The molecule has 3 rings (SSSR count). The summed E-state index contributed by atoms with van der Waals surface area (Å²) >= 11 is 1.22. The Labute approximate surface area is 130 Å². The molecule has 2 aromatic rings. The van der Waals surface area contributed by atoms with E-state index >= 15 is 0 Å². The summed E-state index contributed by atoms with van der Waals surface area (Å²) in [5.41, 5.74) is 0.354. The Morgan fingerprint density at radius 1 is 1.41 bits per heavy atom. The topological polar surface area (TPSA) is 88.0 Å². The Morgan fingerprint density at radius 2 is 2.23 bits per heavy atom. The van der Waals surface area contributed by atoms with E-state index in [1.54, 1.807) is 18.2 Å². The molecule has 0 radical (unpaired) electrons. The van der Waals surface area contributed by atoms with Crippen LogP contribution in [0.4, 0.5) is 0 Å². The Morgan fingerprint density at radius 3 is 3.00 bits per heavy atom. The third kappa shape index (κ3) is 2.50. The van der Waals surface area contributed by atoms with E-state index in [4.69, 9.17) is 15.9 Å². The lowest BCUT2D eigenvalue weighted by molar-refractivity contribution is 0.174. The van der Waals surface area contributed by atoms with Crippen LogP contribution in [0.1, 0.15) is 5.56 Å². The average Bonchev–Trinajstić information content (AvgIpc) is 2.99. The summed E-state index contributed by atoms with van der Waals surface area (Å²) in [4.78, 5) is 18.9. The summed E-state index contributed by atoms with van der Waals surface area (Å²) in [7, 11) is 0. The molecule has 0 fully saturated rings. The molecule has 1 N–H and O–H groups in total. The van der Waals surface area contributed by atoms with Gasteiger partial charge >= 0.3 is 0 Å². The summed E-state index contributed by atoms with van der Waals surface area (Å²) in [5, 5.41) is 9.59. The number of nitrogens with one attached hydrogen (secondary N) is 1. The van der Waals surface area contributed by atoms with Gasteiger partial charge in [0.15, 0.2) is 16.7 Å². The van der Waals surface area contributed by atoms with Crippen molar-refractivity contribution in [3.63, 3.8) is 0 Å². The molecule has 1 aliphatic heterocycles. The second kappa shape index (κ2) is 5.84. The molecule has 1 aromatic carbocycles. The number of benzene rings is 1. The minimum atomic E-state index is -0.496. The van der Waals surface area contributed by atoms with Gasteiger partial charge in [-0.25, -0.2) is 4.98 Å². The lowest BCUT2D eigenvalue weighted by Gasteiger charge is -2.06. The predicted molar refractivity (Wildman–Crippen MR) is 80.7 cm³/mol. The van der Waals surface area contributed by atoms with Crippen molar-refractivity contribution >= 4 is 11.8 Å². The number of nitrogens with zero attached hydrogens (tertiary/aromatic N) is 2. The predicted octanol–water partition coefficient (Wildman–Crippen LogP) is 1.76. The minimum absolute atomic E-state index is 0.0519. The molecule has 0 saturated carbocycles. The summed E-state index contributed by atoms with van der Waals surface area (Å²) in [5.74, 6) is 4.00. The second-order valence-electron chi connectivity index (χ2n) is 4.27. The molecule has 0 bridgehead atoms. The zero-order valence-electron chi connectivity index (χ0n) is 11.3. The van der Waals surface area contributed by atoms with Gasteiger partial charge in [-0.3, -0.25) is 4.79 Å². The number of rotatable bonds is 3. The van der Waals surface area contributed by atoms with E-state index in [-0.39, 0.29) is 12.4 Å². The van der Waals surface area contributed by atoms with Gasteiger partial charge in [0, 0.05) is 5.56 Å². The van der Waals surface area contributed by atoms with Crippen LogP contribution < -0.4 is 15.0 Å². The maximum Gasteiger partial charge on any atom is 0.270 e. The van der Waals surface area contributed by atoms with E-state index in [1.165, 1.54) is 11.8 Å². The molecule has 0 unspecified atom stereocenters. The number of hydrogen-bond acceptors (Lipinski definition) is 6. The van der Waals surface area contributed by atoms with Crippen molar-refractivity contribution in [2.75, 3.05) is 12.5 Å². The minimum Gasteiger partial charge on any atom is -0.454 e. The Hall–Kier alpha value is -2.90. The molecule has 0 amide bonds. The Balaban J connectivity index is 2.12. The summed E-state index contributed by atoms with van der Waals surface area (Å²) in [6.45, 7) is 0.149. The SMILES string of the molecule is C#CCSc1nc(-c2ccc3c(c2)OCO3)c(C#N)c(=O)[nH]1. The van der Waals surface area contributed by atoms with E-state index in [0.717, 1.165) is 0 Å². The molecule has 0 saturated heterocycles. The smallest absolute Gasteiger partial charge is 0.270 e. The summed E-state index contributed by atoms with van der Waals surface area (Å²) in [6.07, 6.45) is 5.21. The number of hydrogen-bond donors (Lipinski definition) is 1. The first-order valence-corrected chi connectivity index (χ1v) is 7.22. The third-order valence-corrected chi connectivity index (χ3v) is 3.73. The molecule has 1 aliphatic rings. The highest BCUT2D eigenvalue weighted by Gasteiger charge is 2.18. The first kappa shape index (κ1) is 14.1. The Kier molecular flexibility index (Phi) is 3.73. The summed E-state index contributed by atoms with van der Waals surface area (Å²) in [6, 6.07) is 7.03. The van der Waals surface area contributed by atoms with E-state index in [1.807, 2.05) is 6.07 Å². The van der Waals surface area contributed by atoms with Crippen molar-refractivity contribution < 1.29 is 9.47 Å². The number of nitriles is 1. The van der Waals surface area contributed by atoms with Crippen LogP contribution >= 0.6 is 11.8 Å². The van der Waals surface area contributed by atoms with Crippen molar-refractivity contribution in [2.45, 2.75) is 5.16 Å². The third-order valence-electron chi connectivity index (χ3n) is 2.95. The highest BCUT2D eigenvalue weighted by molar-refractivity contribution is 7.99. The molecular weight excluding hydrogens is 302 g/mol. The standard InChI is InChI=1S/C15H9N3O3S/c1-2-5-22-15-17-13(10(7-16)14(19)18-15)9-3-4-11-12(6-9)21-8-20-11/h1,3-4,6H,5,8H2,(H,17,18,19). The maximum absolute atomic E-state index is 12.0. The number of thioether (sulfide) groups is 1. The van der Waals surface area contributed by atoms with Crippen LogP contribution in [0.2, 0.25) is 0 Å². The second-order valence-corrected chi connectivity index (χ2v) is 5.23. The first-order chi connectivity index (χ1) is 10.7. The van der Waals surface area contributed by atoms with Gasteiger partial charge in [0.25, 0.3) is 5.56 Å². The monoisotopic (exact) mass is 311 g/mol. The van der Waals surface area contributed by atoms with Crippen molar-refractivity contribution in [1.29, 1.82) is 5.26 Å². The van der Waals surface area contributed by atoms with Crippen LogP contribution in [0.25, 0.3) is 11.3 Å². The van der Waals surface area contributed by atoms with Crippen LogP contribution in [0.5, 0.6) is 11.5 Å². The fraction of sp³-hybridized carbons (Fsp3) is 0.133. The quantitative estimate of drug-likeness (QED) is 0.528. The number of aromatic nitrogens is 2. The number of aromatic amines is 1. The van der Waals surface area contributed by atoms with Gasteiger partial charge in [-0.2, -0.15) is 5.26 Å². The highest BCUT2D eigenvalue weighted by atomic mass is 32.2. The molecule has 0 aliphatic carbocycles. The molecule has 6 nitrogen and oxygen atoms in total. The highest BCUT2D eigenvalue weighted by Crippen LogP contribution is 2.36. The van der Waals surface area contributed by atoms with E-state index in [0.29, 0.717) is 33.7 Å². The lowest BCUT2D eigenvalue weighted by atomic mass is 10.1. The van der Waals surface area contributed by atoms with Crippen LogP contribution in [-0.2, 0) is 0 Å². The van der Waals surface area contributed by atoms with Gasteiger partial charge in [0.05, 0.1) is 11.4 Å². The molecule has 108 valence electrons. The molecule has 0 atom stereocenters. The van der Waals surface area contributed by atoms with Crippen molar-refractivity contribution in [3.8, 4) is 41.2 Å². The largest absolute Gasteiger partial charge is 0.454 e. The van der Waals surface area contributed by atoms with Crippen LogP contribution in [0, 0.1) is 23.7 Å². The number of fused-ring (bicyclic) bond motifs is 1. The normalized spacial score (nSPS) is 11.7. The van der Waals surface area contributed by atoms with Gasteiger partial charge in [-0.05, 0) is 18.2 Å². The van der Waals surface area contributed by atoms with Gasteiger partial charge in [-0.1, -0.05) is 17.7 Å². The molecule has 1 aromatic heterocycles. The average molecular weight is 311 g/mol. The van der Waals surface area contributed by atoms with Crippen molar-refractivity contribution in [1.82, 2.24) is 9.97 Å². The van der Waals surface area contributed by atoms with Gasteiger partial charge in [-0.15, -0.1) is 6.42 Å². The molecule has 7 heteroatoms. The zero-order valence-corrected chi connectivity index (χ0v) is 12.1. The Bertz CT molecular complexity index is 877. The number of H-pyrrole nitrogens is 1. The fourth-order valence-corrected chi connectivity index (χ4v) is 2.53. The fourth-order valence-electron chi connectivity index (χ4n) is 1.99. The molecule has 2 heterocycles. The van der Waals surface area contributed by atoms with Crippen LogP contribution in [-0.4, -0.2) is 22.5 Å². The van der Waals surface area contributed by atoms with Gasteiger partial charge in [0.2, 0.25) is 6.79 Å². The lowest BCUT2D eigenvalue weighted by Crippen LogP contribution is -2.14. The van der Waals surface area contributed by atoms with Crippen LogP contribution in [0.3, 0.4) is 0 Å². The number of ether oxygens (including phenoxy) is 2.